The largest absolute Gasteiger partial charge is 0.310 e. The maximum Gasteiger partial charge on any atom is 0.235 e. The van der Waals surface area contributed by atoms with Gasteiger partial charge in [-0.3, -0.25) is 19.0 Å². The molecule has 0 aliphatic heterocycles. The lowest BCUT2D eigenvalue weighted by Crippen LogP contribution is -2.16. The molecule has 31 heavy (non-hydrogen) atoms. The Morgan fingerprint density at radius 3 is 2.48 bits per heavy atom. The molecule has 0 saturated heterocycles. The monoisotopic (exact) mass is 433 g/mol. The summed E-state index contributed by atoms with van der Waals surface area (Å²) in [4.78, 5) is 16.6. The third-order valence-electron chi connectivity index (χ3n) is 4.92. The number of hydrogen-bond acceptors (Lipinski definition) is 6. The molecule has 4 aromatic rings. The first kappa shape index (κ1) is 20.8. The molecule has 0 aliphatic rings. The van der Waals surface area contributed by atoms with Crippen LogP contribution in [0.25, 0.3) is 17.1 Å². The molecule has 0 spiro atoms. The molecule has 4 rings (SSSR count). The van der Waals surface area contributed by atoms with E-state index in [2.05, 4.69) is 51.6 Å². The highest BCUT2D eigenvalue weighted by Crippen LogP contribution is 2.28. The summed E-state index contributed by atoms with van der Waals surface area (Å²) in [5.74, 6) is 1.43. The van der Waals surface area contributed by atoms with Crippen LogP contribution in [-0.4, -0.2) is 41.2 Å². The van der Waals surface area contributed by atoms with Crippen LogP contribution >= 0.6 is 11.8 Å². The Bertz CT molecular complexity index is 1230. The number of nitrogens with zero attached hydrogens (tertiary/aromatic N) is 6. The van der Waals surface area contributed by atoms with Crippen LogP contribution in [0.15, 0.2) is 53.9 Å². The van der Waals surface area contributed by atoms with Gasteiger partial charge in [0.05, 0.1) is 17.1 Å². The van der Waals surface area contributed by atoms with E-state index in [1.807, 2.05) is 35.8 Å². The van der Waals surface area contributed by atoms with Gasteiger partial charge >= 0.3 is 0 Å². The van der Waals surface area contributed by atoms with E-state index >= 15 is 0 Å². The van der Waals surface area contributed by atoms with Crippen molar-refractivity contribution in [3.8, 4) is 17.1 Å². The van der Waals surface area contributed by atoms with Crippen LogP contribution in [0.2, 0.25) is 0 Å². The van der Waals surface area contributed by atoms with Gasteiger partial charge in [0, 0.05) is 31.1 Å². The van der Waals surface area contributed by atoms with E-state index < -0.39 is 0 Å². The topological polar surface area (TPSA) is 90.5 Å². The van der Waals surface area contributed by atoms with Gasteiger partial charge in [-0.2, -0.15) is 5.10 Å². The van der Waals surface area contributed by atoms with Crippen molar-refractivity contribution in [1.82, 2.24) is 29.5 Å². The third kappa shape index (κ3) is 4.51. The Kier molecular flexibility index (Phi) is 5.85. The van der Waals surface area contributed by atoms with E-state index in [9.17, 15) is 4.79 Å². The fraction of sp³-hybridized carbons (Fsp3) is 0.227. The average Bonchev–Trinajstić information content (AvgIpc) is 3.31. The number of aryl methyl sites for hydroxylation is 4. The lowest BCUT2D eigenvalue weighted by atomic mass is 10.1. The highest BCUT2D eigenvalue weighted by atomic mass is 32.2. The molecule has 0 radical (unpaired) electrons. The molecule has 1 amide bonds. The smallest absolute Gasteiger partial charge is 0.235 e. The number of benzene rings is 1. The second kappa shape index (κ2) is 8.73. The number of hydrogen-bond donors (Lipinski definition) is 1. The molecule has 0 saturated carbocycles. The van der Waals surface area contributed by atoms with Gasteiger partial charge in [0.1, 0.15) is 5.82 Å². The molecular weight excluding hydrogens is 410 g/mol. The van der Waals surface area contributed by atoms with Gasteiger partial charge in [-0.1, -0.05) is 17.8 Å². The molecule has 1 aromatic carbocycles. The molecule has 3 aromatic heterocycles. The zero-order valence-corrected chi connectivity index (χ0v) is 18.6. The predicted molar refractivity (Wildman–Crippen MR) is 121 cm³/mol. The standard InChI is InChI=1S/C22H23N7OS/c1-14-5-6-18(11-15(14)2)29-21(17-7-9-23-10-8-17)25-26-22(29)31-13-20(30)24-19-12-16(3)27-28(19)4/h5-12H,13H2,1-4H3,(H,24,30). The summed E-state index contributed by atoms with van der Waals surface area (Å²) in [6.45, 7) is 6.04. The van der Waals surface area contributed by atoms with Gasteiger partial charge in [0.15, 0.2) is 11.0 Å². The maximum atomic E-state index is 12.5. The van der Waals surface area contributed by atoms with Crippen molar-refractivity contribution in [2.75, 3.05) is 11.1 Å². The van der Waals surface area contributed by atoms with Gasteiger partial charge in [-0.15, -0.1) is 10.2 Å². The van der Waals surface area contributed by atoms with E-state index in [4.69, 9.17) is 0 Å². The minimum absolute atomic E-state index is 0.131. The fourth-order valence-electron chi connectivity index (χ4n) is 3.19. The first-order valence-electron chi connectivity index (χ1n) is 9.79. The summed E-state index contributed by atoms with van der Waals surface area (Å²) in [6.07, 6.45) is 3.45. The SMILES string of the molecule is Cc1cc(NC(=O)CSc2nnc(-c3ccncc3)n2-c2ccc(C)c(C)c2)n(C)n1. The zero-order valence-electron chi connectivity index (χ0n) is 17.8. The fourth-order valence-corrected chi connectivity index (χ4v) is 3.94. The first-order chi connectivity index (χ1) is 14.9. The maximum absolute atomic E-state index is 12.5. The Morgan fingerprint density at radius 1 is 1.03 bits per heavy atom. The molecule has 8 nitrogen and oxygen atoms in total. The van der Waals surface area contributed by atoms with E-state index in [-0.39, 0.29) is 11.7 Å². The Balaban J connectivity index is 1.63. The summed E-state index contributed by atoms with van der Waals surface area (Å²) in [5, 5.41) is 16.6. The summed E-state index contributed by atoms with van der Waals surface area (Å²) in [7, 11) is 1.80. The number of anilines is 1. The Morgan fingerprint density at radius 2 is 1.81 bits per heavy atom. The van der Waals surface area contributed by atoms with Crippen molar-refractivity contribution in [2.24, 2.45) is 7.05 Å². The molecule has 0 atom stereocenters. The second-order valence-electron chi connectivity index (χ2n) is 7.28. The number of carbonyl (C=O) groups excluding carboxylic acids is 1. The van der Waals surface area contributed by atoms with Crippen molar-refractivity contribution in [3.63, 3.8) is 0 Å². The molecule has 0 fully saturated rings. The van der Waals surface area contributed by atoms with Crippen LogP contribution in [0.4, 0.5) is 5.82 Å². The first-order valence-corrected chi connectivity index (χ1v) is 10.8. The van der Waals surface area contributed by atoms with Gasteiger partial charge in [0.2, 0.25) is 5.91 Å². The van der Waals surface area contributed by atoms with Crippen molar-refractivity contribution in [1.29, 1.82) is 0 Å². The van der Waals surface area contributed by atoms with Crippen molar-refractivity contribution in [2.45, 2.75) is 25.9 Å². The number of thioether (sulfide) groups is 1. The highest BCUT2D eigenvalue weighted by Gasteiger charge is 2.18. The van der Waals surface area contributed by atoms with Gasteiger partial charge in [-0.25, -0.2) is 0 Å². The molecule has 0 aliphatic carbocycles. The molecule has 158 valence electrons. The van der Waals surface area contributed by atoms with Crippen LogP contribution in [-0.2, 0) is 11.8 Å². The summed E-state index contributed by atoms with van der Waals surface area (Å²) >= 11 is 1.34. The second-order valence-corrected chi connectivity index (χ2v) is 8.22. The number of carbonyl (C=O) groups is 1. The minimum atomic E-state index is -0.131. The molecule has 9 heteroatoms. The van der Waals surface area contributed by atoms with Crippen LogP contribution in [0, 0.1) is 20.8 Å². The number of amides is 1. The lowest BCUT2D eigenvalue weighted by Gasteiger charge is -2.12. The van der Waals surface area contributed by atoms with Gasteiger partial charge < -0.3 is 5.32 Å². The van der Waals surface area contributed by atoms with Crippen molar-refractivity contribution < 1.29 is 4.79 Å². The number of nitrogens with one attached hydrogen (secondary N) is 1. The molecule has 3 heterocycles. The zero-order chi connectivity index (χ0) is 22.0. The van der Waals surface area contributed by atoms with E-state index in [0.29, 0.717) is 16.8 Å². The van der Waals surface area contributed by atoms with E-state index in [1.165, 1.54) is 22.9 Å². The van der Waals surface area contributed by atoms with Crippen LogP contribution in [0.1, 0.15) is 16.8 Å². The summed E-state index contributed by atoms with van der Waals surface area (Å²) in [5.41, 5.74) is 5.09. The normalized spacial score (nSPS) is 11.0. The van der Waals surface area contributed by atoms with E-state index in [0.717, 1.165) is 16.9 Å². The third-order valence-corrected chi connectivity index (χ3v) is 5.85. The highest BCUT2D eigenvalue weighted by molar-refractivity contribution is 7.99. The number of aromatic nitrogens is 6. The predicted octanol–water partition coefficient (Wildman–Crippen LogP) is 3.72. The molecule has 0 bridgehead atoms. The molecule has 0 unspecified atom stereocenters. The number of pyridine rings is 1. The number of rotatable bonds is 6. The quantitative estimate of drug-likeness (QED) is 0.466. The summed E-state index contributed by atoms with van der Waals surface area (Å²) < 4.78 is 3.63. The molecular formula is C22H23N7OS. The van der Waals surface area contributed by atoms with E-state index in [1.54, 1.807) is 24.1 Å². The lowest BCUT2D eigenvalue weighted by molar-refractivity contribution is -0.113. The Labute approximate surface area is 184 Å². The van der Waals surface area contributed by atoms with Gasteiger partial charge in [-0.05, 0) is 56.2 Å². The minimum Gasteiger partial charge on any atom is -0.310 e. The summed E-state index contributed by atoms with van der Waals surface area (Å²) in [6, 6.07) is 11.8. The van der Waals surface area contributed by atoms with Crippen molar-refractivity contribution >= 4 is 23.5 Å². The molecule has 1 N–H and O–H groups in total. The van der Waals surface area contributed by atoms with Gasteiger partial charge in [0.25, 0.3) is 0 Å². The van der Waals surface area contributed by atoms with Crippen molar-refractivity contribution in [3.05, 3.63) is 65.6 Å². The van der Waals surface area contributed by atoms with Crippen LogP contribution in [0.5, 0.6) is 0 Å². The average molecular weight is 434 g/mol. The van der Waals surface area contributed by atoms with Crippen LogP contribution in [0.3, 0.4) is 0 Å². The Hall–Kier alpha value is -3.46. The van der Waals surface area contributed by atoms with Crippen LogP contribution < -0.4 is 5.32 Å².